The largest absolute Gasteiger partial charge is 0.484 e. The zero-order valence-corrected chi connectivity index (χ0v) is 15.8. The van der Waals surface area contributed by atoms with Crippen LogP contribution in [-0.4, -0.2) is 44.5 Å². The molecular formula is C21H25N3O3. The predicted octanol–water partition coefficient (Wildman–Crippen LogP) is 2.75. The second kappa shape index (κ2) is 9.19. The minimum atomic E-state index is -0.291. The van der Waals surface area contributed by atoms with Gasteiger partial charge >= 0.3 is 0 Å². The molecule has 1 heterocycles. The van der Waals surface area contributed by atoms with E-state index in [0.717, 1.165) is 43.1 Å². The van der Waals surface area contributed by atoms with Gasteiger partial charge in [0.15, 0.2) is 6.61 Å². The smallest absolute Gasteiger partial charge is 0.277 e. The van der Waals surface area contributed by atoms with Gasteiger partial charge in [-0.1, -0.05) is 24.3 Å². The molecule has 0 radical (unpaired) electrons. The molecule has 142 valence electrons. The van der Waals surface area contributed by atoms with Crippen LogP contribution >= 0.6 is 0 Å². The summed E-state index contributed by atoms with van der Waals surface area (Å²) in [7, 11) is 0. The second-order valence-electron chi connectivity index (χ2n) is 6.48. The highest BCUT2D eigenvalue weighted by molar-refractivity contribution is 5.99. The van der Waals surface area contributed by atoms with E-state index >= 15 is 0 Å². The van der Waals surface area contributed by atoms with Crippen molar-refractivity contribution in [1.29, 1.82) is 0 Å². The number of nitrogens with one attached hydrogen (secondary N) is 1. The normalized spacial score (nSPS) is 14.7. The molecule has 1 aliphatic heterocycles. The van der Waals surface area contributed by atoms with Crippen LogP contribution in [0.5, 0.6) is 5.75 Å². The number of rotatable bonds is 6. The summed E-state index contributed by atoms with van der Waals surface area (Å²) in [6.45, 7) is 7.11. The lowest BCUT2D eigenvalue weighted by Crippen LogP contribution is -2.36. The standard InChI is InChI=1S/C21H25N3O3/c1-16-4-3-5-20(14-16)27-15-21(25)23-22-17(2)18-6-8-19(9-7-18)24-10-12-26-13-11-24/h3-9,14H,10-13,15H2,1-2H3,(H,23,25)/b22-17+. The number of carbonyl (C=O) groups is 1. The molecule has 6 nitrogen and oxygen atoms in total. The van der Waals surface area contributed by atoms with Crippen LogP contribution in [0.2, 0.25) is 0 Å². The average molecular weight is 367 g/mol. The average Bonchev–Trinajstić information content (AvgIpc) is 2.71. The van der Waals surface area contributed by atoms with Gasteiger partial charge in [0.1, 0.15) is 5.75 Å². The highest BCUT2D eigenvalue weighted by Gasteiger charge is 2.11. The number of benzene rings is 2. The van der Waals surface area contributed by atoms with E-state index < -0.39 is 0 Å². The molecule has 1 saturated heterocycles. The van der Waals surface area contributed by atoms with Crippen LogP contribution in [-0.2, 0) is 9.53 Å². The van der Waals surface area contributed by atoms with Crippen LogP contribution in [0.15, 0.2) is 53.6 Å². The molecule has 2 aromatic rings. The Morgan fingerprint density at radius 3 is 2.63 bits per heavy atom. The van der Waals surface area contributed by atoms with Crippen molar-refractivity contribution in [2.45, 2.75) is 13.8 Å². The lowest BCUT2D eigenvalue weighted by molar-refractivity contribution is -0.123. The lowest BCUT2D eigenvalue weighted by Gasteiger charge is -2.28. The molecule has 3 rings (SSSR count). The molecule has 0 aliphatic carbocycles. The van der Waals surface area contributed by atoms with Crippen molar-refractivity contribution in [3.63, 3.8) is 0 Å². The number of ether oxygens (including phenoxy) is 2. The predicted molar refractivity (Wildman–Crippen MR) is 107 cm³/mol. The topological polar surface area (TPSA) is 63.2 Å². The summed E-state index contributed by atoms with van der Waals surface area (Å²) in [5.74, 6) is 0.380. The van der Waals surface area contributed by atoms with Gasteiger partial charge in [0.25, 0.3) is 5.91 Å². The molecule has 6 heteroatoms. The van der Waals surface area contributed by atoms with E-state index in [-0.39, 0.29) is 12.5 Å². The summed E-state index contributed by atoms with van der Waals surface area (Å²) in [6.07, 6.45) is 0. The Kier molecular flexibility index (Phi) is 6.44. The third-order valence-corrected chi connectivity index (χ3v) is 4.37. The van der Waals surface area contributed by atoms with Crippen LogP contribution in [0.1, 0.15) is 18.1 Å². The third-order valence-electron chi connectivity index (χ3n) is 4.37. The Bertz CT molecular complexity index is 797. The molecule has 1 N–H and O–H groups in total. The Morgan fingerprint density at radius 2 is 1.93 bits per heavy atom. The minimum absolute atomic E-state index is 0.0732. The highest BCUT2D eigenvalue weighted by atomic mass is 16.5. The van der Waals surface area contributed by atoms with Crippen LogP contribution in [0, 0.1) is 6.92 Å². The zero-order valence-electron chi connectivity index (χ0n) is 15.8. The first-order valence-corrected chi connectivity index (χ1v) is 9.07. The first-order chi connectivity index (χ1) is 13.1. The minimum Gasteiger partial charge on any atom is -0.484 e. The maximum absolute atomic E-state index is 11.9. The van der Waals surface area contributed by atoms with E-state index in [1.807, 2.05) is 50.2 Å². The van der Waals surface area contributed by atoms with E-state index in [1.165, 1.54) is 5.69 Å². The van der Waals surface area contributed by atoms with Crippen molar-refractivity contribution in [3.05, 3.63) is 59.7 Å². The fraction of sp³-hybridized carbons (Fsp3) is 0.333. The van der Waals surface area contributed by atoms with E-state index in [0.29, 0.717) is 5.75 Å². The maximum Gasteiger partial charge on any atom is 0.277 e. The first-order valence-electron chi connectivity index (χ1n) is 9.07. The molecule has 0 bridgehead atoms. The molecule has 27 heavy (non-hydrogen) atoms. The van der Waals surface area contributed by atoms with Gasteiger partial charge in [0, 0.05) is 18.8 Å². The number of hydrazone groups is 1. The molecular weight excluding hydrogens is 342 g/mol. The third kappa shape index (κ3) is 5.56. The van der Waals surface area contributed by atoms with Crippen molar-refractivity contribution in [3.8, 4) is 5.75 Å². The van der Waals surface area contributed by atoms with Crippen molar-refractivity contribution in [1.82, 2.24) is 5.43 Å². The number of aryl methyl sites for hydroxylation is 1. The summed E-state index contributed by atoms with van der Waals surface area (Å²) in [5.41, 5.74) is 6.51. The molecule has 0 spiro atoms. The van der Waals surface area contributed by atoms with Gasteiger partial charge < -0.3 is 14.4 Å². The highest BCUT2D eigenvalue weighted by Crippen LogP contribution is 2.17. The Balaban J connectivity index is 1.51. The van der Waals surface area contributed by atoms with Gasteiger partial charge in [0.2, 0.25) is 0 Å². The second-order valence-corrected chi connectivity index (χ2v) is 6.48. The summed E-state index contributed by atoms with van der Waals surface area (Å²) >= 11 is 0. The Morgan fingerprint density at radius 1 is 1.19 bits per heavy atom. The van der Waals surface area contributed by atoms with Gasteiger partial charge in [-0.3, -0.25) is 4.79 Å². The quantitative estimate of drug-likeness (QED) is 0.630. The molecule has 1 aliphatic rings. The lowest BCUT2D eigenvalue weighted by atomic mass is 10.1. The molecule has 0 saturated carbocycles. The molecule has 0 aromatic heterocycles. The van der Waals surface area contributed by atoms with E-state index in [4.69, 9.17) is 9.47 Å². The van der Waals surface area contributed by atoms with Gasteiger partial charge in [-0.25, -0.2) is 5.43 Å². The summed E-state index contributed by atoms with van der Waals surface area (Å²) in [4.78, 5) is 14.2. The fourth-order valence-electron chi connectivity index (χ4n) is 2.83. The van der Waals surface area contributed by atoms with Crippen LogP contribution in [0.3, 0.4) is 0 Å². The van der Waals surface area contributed by atoms with Gasteiger partial charge in [-0.15, -0.1) is 0 Å². The van der Waals surface area contributed by atoms with Crippen molar-refractivity contribution in [2.24, 2.45) is 5.10 Å². The maximum atomic E-state index is 11.9. The monoisotopic (exact) mass is 367 g/mol. The molecule has 0 unspecified atom stereocenters. The summed E-state index contributed by atoms with van der Waals surface area (Å²) in [6, 6.07) is 15.8. The van der Waals surface area contributed by atoms with Crippen molar-refractivity contribution in [2.75, 3.05) is 37.8 Å². The van der Waals surface area contributed by atoms with Crippen LogP contribution < -0.4 is 15.1 Å². The number of amides is 1. The number of hydrogen-bond acceptors (Lipinski definition) is 5. The zero-order chi connectivity index (χ0) is 19.1. The summed E-state index contributed by atoms with van der Waals surface area (Å²) < 4.78 is 10.9. The summed E-state index contributed by atoms with van der Waals surface area (Å²) in [5, 5.41) is 4.17. The number of nitrogens with zero attached hydrogens (tertiary/aromatic N) is 2. The van der Waals surface area contributed by atoms with E-state index in [9.17, 15) is 4.79 Å². The Hall–Kier alpha value is -2.86. The van der Waals surface area contributed by atoms with Crippen LogP contribution in [0.25, 0.3) is 0 Å². The molecule has 0 atom stereocenters. The number of morpholine rings is 1. The van der Waals surface area contributed by atoms with Gasteiger partial charge in [-0.2, -0.15) is 5.10 Å². The SMILES string of the molecule is C/C(=N\NC(=O)COc1cccc(C)c1)c1ccc(N2CCOCC2)cc1. The fourth-order valence-corrected chi connectivity index (χ4v) is 2.83. The van der Waals surface area contributed by atoms with Crippen molar-refractivity contribution < 1.29 is 14.3 Å². The van der Waals surface area contributed by atoms with E-state index in [1.54, 1.807) is 0 Å². The number of anilines is 1. The first kappa shape index (κ1) is 18.9. The van der Waals surface area contributed by atoms with Gasteiger partial charge in [0.05, 0.1) is 18.9 Å². The van der Waals surface area contributed by atoms with Crippen molar-refractivity contribution >= 4 is 17.3 Å². The molecule has 1 fully saturated rings. The Labute approximate surface area is 159 Å². The number of hydrogen-bond donors (Lipinski definition) is 1. The van der Waals surface area contributed by atoms with E-state index in [2.05, 4.69) is 27.6 Å². The molecule has 1 amide bonds. The van der Waals surface area contributed by atoms with Crippen LogP contribution in [0.4, 0.5) is 5.69 Å². The molecule has 2 aromatic carbocycles. The van der Waals surface area contributed by atoms with Gasteiger partial charge in [-0.05, 0) is 49.2 Å². The number of carbonyl (C=O) groups excluding carboxylic acids is 1.